The van der Waals surface area contributed by atoms with Gasteiger partial charge in [-0.1, -0.05) is 30.8 Å². The van der Waals surface area contributed by atoms with E-state index in [1.54, 1.807) is 36.5 Å². The molecule has 36 heavy (non-hydrogen) atoms. The predicted octanol–water partition coefficient (Wildman–Crippen LogP) is 5.06. The number of aromatic nitrogens is 2. The number of nitrogens with zero attached hydrogens (tertiary/aromatic N) is 5. The van der Waals surface area contributed by atoms with Gasteiger partial charge in [0, 0.05) is 30.2 Å². The Hall–Kier alpha value is -4.70. The molecule has 0 bridgehead atoms. The van der Waals surface area contributed by atoms with Crippen LogP contribution in [0.5, 0.6) is 5.75 Å². The molecule has 1 fully saturated rings. The average Bonchev–Trinajstić information content (AvgIpc) is 2.92. The molecule has 2 aromatic heterocycles. The quantitative estimate of drug-likeness (QED) is 0.401. The summed E-state index contributed by atoms with van der Waals surface area (Å²) in [7, 11) is 1.64. The molecule has 3 heterocycles. The van der Waals surface area contributed by atoms with Crippen molar-refractivity contribution in [3.63, 3.8) is 0 Å². The van der Waals surface area contributed by atoms with E-state index in [-0.39, 0.29) is 12.5 Å². The lowest BCUT2D eigenvalue weighted by Gasteiger charge is -2.35. The van der Waals surface area contributed by atoms with Crippen molar-refractivity contribution in [2.45, 2.75) is 6.92 Å². The van der Waals surface area contributed by atoms with Crippen molar-refractivity contribution in [1.29, 1.82) is 5.26 Å². The number of anilines is 2. The zero-order valence-corrected chi connectivity index (χ0v) is 20.2. The number of rotatable bonds is 5. The number of fused-ring (bicyclic) bond motifs is 1. The highest BCUT2D eigenvalue weighted by Gasteiger charge is 2.28. The molecule has 2 aromatic carbocycles. The Morgan fingerprint density at radius 2 is 1.86 bits per heavy atom. The van der Waals surface area contributed by atoms with Gasteiger partial charge in [0.15, 0.2) is 5.75 Å². The van der Waals surface area contributed by atoms with E-state index in [2.05, 4.69) is 17.6 Å². The first-order chi connectivity index (χ1) is 17.5. The fourth-order valence-corrected chi connectivity index (χ4v) is 4.50. The number of benzene rings is 2. The molecule has 1 saturated heterocycles. The third-order valence-corrected chi connectivity index (χ3v) is 6.44. The summed E-state index contributed by atoms with van der Waals surface area (Å²) < 4.78 is 5.85. The number of hydrogen-bond donors (Lipinski definition) is 0. The number of ether oxygens (including phenoxy) is 1. The van der Waals surface area contributed by atoms with Crippen molar-refractivity contribution < 1.29 is 9.53 Å². The molecule has 1 aliphatic rings. The SMILES string of the molecule is C=C(C)c1ccc(N2CCN(c3cnc4c(-c5ccc(C#N)cc5)cccc4c3OC)CC2=O)nc1. The van der Waals surface area contributed by atoms with Crippen LogP contribution in [-0.4, -0.2) is 42.6 Å². The summed E-state index contributed by atoms with van der Waals surface area (Å²) in [5.74, 6) is 1.28. The van der Waals surface area contributed by atoms with Gasteiger partial charge in [0.1, 0.15) is 5.82 Å². The number of methoxy groups -OCH3 is 1. The van der Waals surface area contributed by atoms with E-state index >= 15 is 0 Å². The maximum atomic E-state index is 13.1. The summed E-state index contributed by atoms with van der Waals surface area (Å²) in [4.78, 5) is 26.1. The molecule has 0 saturated carbocycles. The second-order valence-corrected chi connectivity index (χ2v) is 8.72. The number of para-hydroxylation sites is 1. The maximum absolute atomic E-state index is 13.1. The zero-order valence-electron chi connectivity index (χ0n) is 20.2. The van der Waals surface area contributed by atoms with E-state index < -0.39 is 0 Å². The maximum Gasteiger partial charge on any atom is 0.247 e. The number of pyridine rings is 2. The van der Waals surface area contributed by atoms with Gasteiger partial charge in [-0.15, -0.1) is 0 Å². The Labute approximate surface area is 209 Å². The first-order valence-electron chi connectivity index (χ1n) is 11.6. The fraction of sp³-hybridized carbons (Fsp3) is 0.172. The van der Waals surface area contributed by atoms with Crippen LogP contribution in [0.4, 0.5) is 11.5 Å². The van der Waals surface area contributed by atoms with Crippen LogP contribution in [0.25, 0.3) is 27.6 Å². The molecular formula is C29H25N5O2. The second kappa shape index (κ2) is 9.51. The number of carbonyl (C=O) groups is 1. The topological polar surface area (TPSA) is 82.4 Å². The molecule has 4 aromatic rings. The van der Waals surface area contributed by atoms with Gasteiger partial charge in [-0.05, 0) is 54.0 Å². The van der Waals surface area contributed by atoms with Crippen LogP contribution in [0, 0.1) is 11.3 Å². The highest BCUT2D eigenvalue weighted by molar-refractivity contribution is 6.01. The molecule has 0 unspecified atom stereocenters. The van der Waals surface area contributed by atoms with Gasteiger partial charge in [0.2, 0.25) is 5.91 Å². The fourth-order valence-electron chi connectivity index (χ4n) is 4.50. The number of amides is 1. The number of allylic oxidation sites excluding steroid dienone is 1. The van der Waals surface area contributed by atoms with Crippen LogP contribution in [-0.2, 0) is 4.79 Å². The van der Waals surface area contributed by atoms with Crippen LogP contribution in [0.1, 0.15) is 18.1 Å². The molecule has 1 aliphatic heterocycles. The molecule has 178 valence electrons. The Balaban J connectivity index is 1.45. The number of hydrogen-bond acceptors (Lipinski definition) is 6. The molecule has 5 rings (SSSR count). The molecule has 0 radical (unpaired) electrons. The van der Waals surface area contributed by atoms with E-state index in [4.69, 9.17) is 15.0 Å². The van der Waals surface area contributed by atoms with Crippen molar-refractivity contribution >= 4 is 33.9 Å². The average molecular weight is 476 g/mol. The number of carbonyl (C=O) groups excluding carboxylic acids is 1. The Morgan fingerprint density at radius 1 is 1.06 bits per heavy atom. The van der Waals surface area contributed by atoms with Gasteiger partial charge in [0.25, 0.3) is 0 Å². The normalized spacial score (nSPS) is 13.5. The van der Waals surface area contributed by atoms with E-state index in [0.717, 1.165) is 38.9 Å². The standard InChI is InChI=1S/C29H25N5O2/c1-19(2)22-11-12-26(31-16-22)34-14-13-33(18-27(34)35)25-17-32-28-23(5-4-6-24(28)29(25)36-3)21-9-7-20(15-30)8-10-21/h4-12,16-17H,1,13-14,18H2,2-3H3. The summed E-state index contributed by atoms with van der Waals surface area (Å²) in [6.45, 7) is 7.19. The molecule has 7 nitrogen and oxygen atoms in total. The third kappa shape index (κ3) is 4.14. The molecule has 7 heteroatoms. The number of nitriles is 1. The van der Waals surface area contributed by atoms with E-state index in [9.17, 15) is 4.79 Å². The first kappa shape index (κ1) is 23.1. The predicted molar refractivity (Wildman–Crippen MR) is 142 cm³/mol. The molecule has 0 aliphatic carbocycles. The van der Waals surface area contributed by atoms with Crippen molar-refractivity contribution in [1.82, 2.24) is 9.97 Å². The minimum Gasteiger partial charge on any atom is -0.494 e. The van der Waals surface area contributed by atoms with Gasteiger partial charge >= 0.3 is 0 Å². The largest absolute Gasteiger partial charge is 0.494 e. The second-order valence-electron chi connectivity index (χ2n) is 8.72. The van der Waals surface area contributed by atoms with Gasteiger partial charge < -0.3 is 9.64 Å². The van der Waals surface area contributed by atoms with Crippen molar-refractivity contribution in [3.8, 4) is 22.9 Å². The zero-order chi connectivity index (χ0) is 25.2. The van der Waals surface area contributed by atoms with Crippen molar-refractivity contribution in [3.05, 3.63) is 84.7 Å². The van der Waals surface area contributed by atoms with Gasteiger partial charge in [-0.3, -0.25) is 14.7 Å². The van der Waals surface area contributed by atoms with E-state index in [0.29, 0.717) is 30.2 Å². The van der Waals surface area contributed by atoms with Crippen LogP contribution in [0.15, 0.2) is 73.6 Å². The summed E-state index contributed by atoms with van der Waals surface area (Å²) in [5.41, 5.74) is 6.00. The summed E-state index contributed by atoms with van der Waals surface area (Å²) >= 11 is 0. The van der Waals surface area contributed by atoms with Crippen molar-refractivity contribution in [2.24, 2.45) is 0 Å². The van der Waals surface area contributed by atoms with Gasteiger partial charge in [-0.25, -0.2) is 4.98 Å². The molecule has 0 N–H and O–H groups in total. The lowest BCUT2D eigenvalue weighted by molar-refractivity contribution is -0.117. The lowest BCUT2D eigenvalue weighted by Crippen LogP contribution is -2.51. The highest BCUT2D eigenvalue weighted by Crippen LogP contribution is 2.39. The van der Waals surface area contributed by atoms with Crippen LogP contribution < -0.4 is 14.5 Å². The molecule has 0 spiro atoms. The molecule has 1 amide bonds. The Morgan fingerprint density at radius 3 is 2.50 bits per heavy atom. The Kier molecular flexibility index (Phi) is 6.09. The molecule has 0 atom stereocenters. The van der Waals surface area contributed by atoms with Crippen LogP contribution in [0.3, 0.4) is 0 Å². The first-order valence-corrected chi connectivity index (χ1v) is 11.6. The molecular weight excluding hydrogens is 450 g/mol. The lowest BCUT2D eigenvalue weighted by atomic mass is 10.00. The summed E-state index contributed by atoms with van der Waals surface area (Å²) in [5, 5.41) is 9.97. The third-order valence-electron chi connectivity index (χ3n) is 6.44. The van der Waals surface area contributed by atoms with E-state index in [1.165, 1.54) is 0 Å². The summed E-state index contributed by atoms with van der Waals surface area (Å²) in [6, 6.07) is 19.3. The minimum absolute atomic E-state index is 0.0368. The van der Waals surface area contributed by atoms with E-state index in [1.807, 2.05) is 54.3 Å². The van der Waals surface area contributed by atoms with Crippen LogP contribution in [0.2, 0.25) is 0 Å². The number of piperazine rings is 1. The Bertz CT molecular complexity index is 1500. The van der Waals surface area contributed by atoms with Crippen LogP contribution >= 0.6 is 0 Å². The minimum atomic E-state index is -0.0368. The highest BCUT2D eigenvalue weighted by atomic mass is 16.5. The smallest absolute Gasteiger partial charge is 0.247 e. The van der Waals surface area contributed by atoms with Gasteiger partial charge in [0.05, 0.1) is 42.7 Å². The van der Waals surface area contributed by atoms with Gasteiger partial charge in [-0.2, -0.15) is 5.26 Å². The summed E-state index contributed by atoms with van der Waals surface area (Å²) in [6.07, 6.45) is 3.52. The van der Waals surface area contributed by atoms with Crippen molar-refractivity contribution in [2.75, 3.05) is 36.5 Å². The monoisotopic (exact) mass is 475 g/mol.